The average molecular weight is 440 g/mol. The van der Waals surface area contributed by atoms with Crippen molar-refractivity contribution in [2.75, 3.05) is 6.26 Å². The van der Waals surface area contributed by atoms with E-state index in [2.05, 4.69) is 21.1 Å². The summed E-state index contributed by atoms with van der Waals surface area (Å²) in [5.74, 6) is -0.260. The Morgan fingerprint density at radius 2 is 1.87 bits per heavy atom. The summed E-state index contributed by atoms with van der Waals surface area (Å²) in [6.45, 7) is 5.86. The van der Waals surface area contributed by atoms with Gasteiger partial charge < -0.3 is 14.9 Å². The van der Waals surface area contributed by atoms with Crippen LogP contribution in [-0.2, 0) is 17.3 Å². The molecule has 164 valence electrons. The van der Waals surface area contributed by atoms with Crippen molar-refractivity contribution < 1.29 is 9.00 Å². The second-order valence-corrected chi connectivity index (χ2v) is 9.98. The van der Waals surface area contributed by atoms with E-state index in [1.54, 1.807) is 12.3 Å². The van der Waals surface area contributed by atoms with Gasteiger partial charge >= 0.3 is 0 Å². The number of fused-ring (bicyclic) bond motifs is 1. The number of H-pyrrole nitrogens is 1. The second kappa shape index (κ2) is 8.46. The van der Waals surface area contributed by atoms with Crippen molar-refractivity contribution in [1.82, 2.24) is 14.9 Å². The molecule has 2 aromatic heterocycles. The summed E-state index contributed by atoms with van der Waals surface area (Å²) >= 11 is 0. The van der Waals surface area contributed by atoms with Crippen molar-refractivity contribution in [3.63, 3.8) is 0 Å². The molecule has 4 rings (SSSR count). The molecule has 1 fully saturated rings. The highest BCUT2D eigenvalue weighted by Crippen LogP contribution is 2.36. The van der Waals surface area contributed by atoms with E-state index in [0.717, 1.165) is 40.6 Å². The molecule has 1 atom stereocenters. The molecule has 1 aliphatic rings. The third-order valence-electron chi connectivity index (χ3n) is 6.31. The summed E-state index contributed by atoms with van der Waals surface area (Å²) in [4.78, 5) is 29.0. The Balaban J connectivity index is 1.75. The van der Waals surface area contributed by atoms with Gasteiger partial charge in [0.2, 0.25) is 0 Å². The van der Waals surface area contributed by atoms with Gasteiger partial charge in [-0.2, -0.15) is 0 Å². The standard InChI is InChI=1S/C24H29N3O3S/c1-14-9-16(3)26-24(29)20(14)12-25-23(28)19-10-18(31(4)30)11-21-22(19)15(2)13-27(21)17-7-5-6-8-17/h9-11,13,17H,5-8,12H2,1-4H3,(H,25,28)(H,26,29). The number of nitrogens with one attached hydrogen (secondary N) is 2. The second-order valence-electron chi connectivity index (χ2n) is 8.60. The maximum Gasteiger partial charge on any atom is 0.253 e. The van der Waals surface area contributed by atoms with Gasteiger partial charge in [0.1, 0.15) is 0 Å². The number of nitrogens with zero attached hydrogens (tertiary/aromatic N) is 1. The molecule has 1 aromatic carbocycles. The fourth-order valence-electron chi connectivity index (χ4n) is 4.76. The first-order valence-corrected chi connectivity index (χ1v) is 12.3. The summed E-state index contributed by atoms with van der Waals surface area (Å²) in [5, 5.41) is 3.81. The van der Waals surface area contributed by atoms with Gasteiger partial charge in [-0.05, 0) is 62.9 Å². The van der Waals surface area contributed by atoms with Gasteiger partial charge in [0, 0.05) is 57.4 Å². The smallest absolute Gasteiger partial charge is 0.253 e. The maximum atomic E-state index is 13.2. The first-order chi connectivity index (χ1) is 14.8. The lowest BCUT2D eigenvalue weighted by atomic mass is 10.1. The van der Waals surface area contributed by atoms with E-state index in [1.807, 2.05) is 32.9 Å². The van der Waals surface area contributed by atoms with E-state index >= 15 is 0 Å². The number of benzene rings is 1. The molecule has 2 N–H and O–H groups in total. The van der Waals surface area contributed by atoms with E-state index in [4.69, 9.17) is 0 Å². The van der Waals surface area contributed by atoms with Crippen LogP contribution in [0, 0.1) is 20.8 Å². The van der Waals surface area contributed by atoms with Gasteiger partial charge in [-0.25, -0.2) is 0 Å². The highest BCUT2D eigenvalue weighted by atomic mass is 32.2. The van der Waals surface area contributed by atoms with Gasteiger partial charge in [0.05, 0.1) is 11.1 Å². The lowest BCUT2D eigenvalue weighted by molar-refractivity contribution is 0.0952. The molecule has 7 heteroatoms. The molecule has 0 aliphatic heterocycles. The Labute approximate surface area is 184 Å². The minimum absolute atomic E-state index is 0.142. The molecule has 2 heterocycles. The van der Waals surface area contributed by atoms with Gasteiger partial charge in [-0.15, -0.1) is 0 Å². The Morgan fingerprint density at radius 1 is 1.16 bits per heavy atom. The number of carbonyl (C=O) groups is 1. The number of aromatic amines is 1. The molecule has 0 saturated heterocycles. The number of aromatic nitrogens is 2. The summed E-state index contributed by atoms with van der Waals surface area (Å²) in [5.41, 5.74) is 4.51. The SMILES string of the molecule is Cc1cc(C)c(CNC(=O)c2cc(S(C)=O)cc3c2c(C)cn3C2CCCC2)c(=O)[nH]1. The van der Waals surface area contributed by atoms with Crippen molar-refractivity contribution in [1.29, 1.82) is 0 Å². The van der Waals surface area contributed by atoms with Crippen molar-refractivity contribution in [3.8, 4) is 0 Å². The molecule has 0 spiro atoms. The predicted octanol–water partition coefficient (Wildman–Crippen LogP) is 4.04. The van der Waals surface area contributed by atoms with Crippen LogP contribution in [0.2, 0.25) is 0 Å². The van der Waals surface area contributed by atoms with Crippen LogP contribution >= 0.6 is 0 Å². The zero-order chi connectivity index (χ0) is 22.3. The number of hydrogen-bond acceptors (Lipinski definition) is 3. The van der Waals surface area contributed by atoms with Crippen LogP contribution < -0.4 is 10.9 Å². The van der Waals surface area contributed by atoms with Crippen LogP contribution in [0.25, 0.3) is 10.9 Å². The van der Waals surface area contributed by atoms with Gasteiger partial charge in [0.15, 0.2) is 0 Å². The Bertz CT molecular complexity index is 1250. The van der Waals surface area contributed by atoms with Crippen molar-refractivity contribution in [2.45, 2.75) is 63.9 Å². The minimum atomic E-state index is -1.21. The van der Waals surface area contributed by atoms with Crippen LogP contribution in [0.5, 0.6) is 0 Å². The summed E-state index contributed by atoms with van der Waals surface area (Å²) < 4.78 is 14.6. The van der Waals surface area contributed by atoms with Crippen LogP contribution in [-0.4, -0.2) is 25.9 Å². The lowest BCUT2D eigenvalue weighted by Gasteiger charge is -2.15. The topological polar surface area (TPSA) is 84.0 Å². The highest BCUT2D eigenvalue weighted by molar-refractivity contribution is 7.84. The lowest BCUT2D eigenvalue weighted by Crippen LogP contribution is -2.28. The average Bonchev–Trinajstić information content (AvgIpc) is 3.34. The Kier molecular flexibility index (Phi) is 5.88. The van der Waals surface area contributed by atoms with E-state index in [1.165, 1.54) is 12.8 Å². The van der Waals surface area contributed by atoms with Crippen molar-refractivity contribution in [2.24, 2.45) is 0 Å². The molecular formula is C24H29N3O3S. The highest BCUT2D eigenvalue weighted by Gasteiger charge is 2.23. The number of aryl methyl sites for hydroxylation is 3. The van der Waals surface area contributed by atoms with Crippen LogP contribution in [0.15, 0.2) is 34.1 Å². The number of amides is 1. The largest absolute Gasteiger partial charge is 0.348 e. The van der Waals surface area contributed by atoms with Crippen LogP contribution in [0.4, 0.5) is 0 Å². The van der Waals surface area contributed by atoms with Crippen LogP contribution in [0.3, 0.4) is 0 Å². The third kappa shape index (κ3) is 4.11. The normalized spacial score (nSPS) is 15.5. The zero-order valence-corrected chi connectivity index (χ0v) is 19.3. The Morgan fingerprint density at radius 3 is 2.52 bits per heavy atom. The summed E-state index contributed by atoms with van der Waals surface area (Å²) in [7, 11) is -1.21. The molecule has 31 heavy (non-hydrogen) atoms. The first-order valence-electron chi connectivity index (χ1n) is 10.7. The number of hydrogen-bond donors (Lipinski definition) is 2. The van der Waals surface area contributed by atoms with Gasteiger partial charge in [-0.3, -0.25) is 13.8 Å². The van der Waals surface area contributed by atoms with E-state index in [0.29, 0.717) is 22.1 Å². The molecule has 1 saturated carbocycles. The first kappa shape index (κ1) is 21.6. The molecular weight excluding hydrogens is 410 g/mol. The van der Waals surface area contributed by atoms with E-state index in [9.17, 15) is 13.8 Å². The number of carbonyl (C=O) groups excluding carboxylic acids is 1. The van der Waals surface area contributed by atoms with E-state index in [-0.39, 0.29) is 18.0 Å². The van der Waals surface area contributed by atoms with Crippen molar-refractivity contribution >= 4 is 27.6 Å². The molecule has 6 nitrogen and oxygen atoms in total. The number of rotatable bonds is 5. The molecule has 3 aromatic rings. The molecule has 1 amide bonds. The fourth-order valence-corrected chi connectivity index (χ4v) is 5.32. The van der Waals surface area contributed by atoms with Crippen LogP contribution in [0.1, 0.15) is 64.5 Å². The Hall–Kier alpha value is -2.67. The number of pyridine rings is 1. The molecule has 1 unspecified atom stereocenters. The predicted molar refractivity (Wildman–Crippen MR) is 124 cm³/mol. The summed E-state index contributed by atoms with van der Waals surface area (Å²) in [6.07, 6.45) is 8.42. The fraction of sp³-hybridized carbons (Fsp3) is 0.417. The van der Waals surface area contributed by atoms with Crippen molar-refractivity contribution in [3.05, 3.63) is 62.7 Å². The van der Waals surface area contributed by atoms with Gasteiger partial charge in [0.25, 0.3) is 11.5 Å². The quantitative estimate of drug-likeness (QED) is 0.629. The molecule has 1 aliphatic carbocycles. The third-order valence-corrected chi connectivity index (χ3v) is 7.21. The molecule has 0 radical (unpaired) electrons. The molecule has 0 bridgehead atoms. The summed E-state index contributed by atoms with van der Waals surface area (Å²) in [6, 6.07) is 6.00. The van der Waals surface area contributed by atoms with E-state index < -0.39 is 10.8 Å². The van der Waals surface area contributed by atoms with Gasteiger partial charge in [-0.1, -0.05) is 12.8 Å². The maximum absolute atomic E-state index is 13.2. The minimum Gasteiger partial charge on any atom is -0.348 e. The zero-order valence-electron chi connectivity index (χ0n) is 18.5. The monoisotopic (exact) mass is 439 g/mol.